The minimum absolute atomic E-state index is 0.0402. The minimum atomic E-state index is -0.617. The normalized spacial score (nSPS) is 32.2. The van der Waals surface area contributed by atoms with Crippen LogP contribution >= 0.6 is 0 Å². The molecule has 4 aliphatic carbocycles. The average molecular weight is 412 g/mol. The van der Waals surface area contributed by atoms with Gasteiger partial charge in [-0.2, -0.15) is 10.4 Å². The fraction of sp³-hybridized carbons (Fsp3) is 0.636. The molecule has 4 bridgehead atoms. The van der Waals surface area contributed by atoms with E-state index in [9.17, 15) is 20.0 Å². The van der Waals surface area contributed by atoms with Crippen LogP contribution in [0.4, 0.5) is 0 Å². The molecule has 2 unspecified atom stereocenters. The lowest BCUT2D eigenvalue weighted by Crippen LogP contribution is -2.61. The number of nitrogens with one attached hydrogen (secondary N) is 2. The van der Waals surface area contributed by atoms with Gasteiger partial charge in [-0.15, -0.1) is 0 Å². The predicted octanol–water partition coefficient (Wildman–Crippen LogP) is 1.81. The lowest BCUT2D eigenvalue weighted by Gasteiger charge is -2.58. The van der Waals surface area contributed by atoms with E-state index >= 15 is 0 Å². The molecule has 0 spiro atoms. The van der Waals surface area contributed by atoms with E-state index in [1.807, 2.05) is 13.8 Å². The molecule has 8 heteroatoms. The van der Waals surface area contributed by atoms with Crippen molar-refractivity contribution in [3.05, 3.63) is 23.5 Å². The zero-order valence-corrected chi connectivity index (χ0v) is 17.7. The maximum Gasteiger partial charge on any atom is 0.256 e. The van der Waals surface area contributed by atoms with Gasteiger partial charge in [-0.1, -0.05) is 0 Å². The summed E-state index contributed by atoms with van der Waals surface area (Å²) in [6, 6.07) is 2.11. The Morgan fingerprint density at radius 1 is 1.33 bits per heavy atom. The van der Waals surface area contributed by atoms with E-state index in [1.165, 1.54) is 17.8 Å². The Morgan fingerprint density at radius 3 is 2.57 bits per heavy atom. The van der Waals surface area contributed by atoms with Gasteiger partial charge in [-0.05, 0) is 69.8 Å². The summed E-state index contributed by atoms with van der Waals surface area (Å²) >= 11 is 0. The largest absolute Gasteiger partial charge is 0.390 e. The summed E-state index contributed by atoms with van der Waals surface area (Å²) in [5.41, 5.74) is -0.767. The number of nitrogens with zero attached hydrogens (tertiary/aromatic N) is 3. The molecule has 0 saturated heterocycles. The number of carbonyl (C=O) groups excluding carboxylic acids is 2. The summed E-state index contributed by atoms with van der Waals surface area (Å²) in [4.78, 5) is 24.3. The van der Waals surface area contributed by atoms with Crippen molar-refractivity contribution in [3.8, 4) is 6.07 Å². The molecule has 0 radical (unpaired) electrons. The van der Waals surface area contributed by atoms with Crippen molar-refractivity contribution >= 4 is 18.0 Å². The standard InChI is InChI=1S/C22H29N5O3/c1-13(28)26-21(2,3)4-5-27-18(11-23)17(12-24-27)20(29)25-19-15-6-14-7-16(19)10-22(30,8-14)9-15/h4-5,12,14-16,19,30H,6-10H2,1-3H3,(H,25,29)(H,26,28)/b5-4+. The highest BCUT2D eigenvalue weighted by Crippen LogP contribution is 2.55. The molecule has 1 aromatic rings. The first-order valence-electron chi connectivity index (χ1n) is 10.6. The van der Waals surface area contributed by atoms with Gasteiger partial charge in [0.2, 0.25) is 5.91 Å². The second kappa shape index (κ2) is 7.24. The Labute approximate surface area is 176 Å². The fourth-order valence-corrected chi connectivity index (χ4v) is 5.95. The highest BCUT2D eigenvalue weighted by molar-refractivity contribution is 5.96. The number of carbonyl (C=O) groups is 2. The highest BCUT2D eigenvalue weighted by atomic mass is 16.3. The zero-order valence-electron chi connectivity index (χ0n) is 17.7. The van der Waals surface area contributed by atoms with E-state index in [1.54, 1.807) is 12.3 Å². The van der Waals surface area contributed by atoms with E-state index in [4.69, 9.17) is 0 Å². The lowest BCUT2D eigenvalue weighted by molar-refractivity contribution is -0.136. The third kappa shape index (κ3) is 3.86. The van der Waals surface area contributed by atoms with Crippen LogP contribution in [0.1, 0.15) is 68.9 Å². The third-order valence-electron chi connectivity index (χ3n) is 6.82. The first-order chi connectivity index (χ1) is 14.1. The molecule has 160 valence electrons. The molecular formula is C22H29N5O3. The molecular weight excluding hydrogens is 382 g/mol. The molecule has 5 rings (SSSR count). The summed E-state index contributed by atoms with van der Waals surface area (Å²) in [6.07, 6.45) is 9.21. The summed E-state index contributed by atoms with van der Waals surface area (Å²) in [5.74, 6) is 0.700. The van der Waals surface area contributed by atoms with Crippen molar-refractivity contribution < 1.29 is 14.7 Å². The summed E-state index contributed by atoms with van der Waals surface area (Å²) in [6.45, 7) is 5.10. The van der Waals surface area contributed by atoms with Crippen molar-refractivity contribution in [2.24, 2.45) is 17.8 Å². The number of nitriles is 1. The molecule has 8 nitrogen and oxygen atoms in total. The fourth-order valence-electron chi connectivity index (χ4n) is 5.95. The second-order valence-electron chi connectivity index (χ2n) is 9.88. The molecule has 4 aliphatic rings. The molecule has 3 N–H and O–H groups in total. The quantitative estimate of drug-likeness (QED) is 0.682. The number of hydrogen-bond acceptors (Lipinski definition) is 5. The smallest absolute Gasteiger partial charge is 0.256 e. The monoisotopic (exact) mass is 411 g/mol. The van der Waals surface area contributed by atoms with Crippen molar-refractivity contribution in [2.75, 3.05) is 0 Å². The molecule has 2 atom stereocenters. The molecule has 0 aliphatic heterocycles. The number of rotatable bonds is 5. The third-order valence-corrected chi connectivity index (χ3v) is 6.82. The molecule has 0 aromatic carbocycles. The van der Waals surface area contributed by atoms with Crippen molar-refractivity contribution in [2.45, 2.75) is 70.1 Å². The van der Waals surface area contributed by atoms with Gasteiger partial charge in [0.15, 0.2) is 5.69 Å². The first-order valence-corrected chi connectivity index (χ1v) is 10.6. The first kappa shape index (κ1) is 20.6. The number of amides is 2. The van der Waals surface area contributed by atoms with Crippen molar-refractivity contribution in [3.63, 3.8) is 0 Å². The zero-order chi connectivity index (χ0) is 21.7. The Morgan fingerprint density at radius 2 is 2.00 bits per heavy atom. The van der Waals surface area contributed by atoms with Gasteiger partial charge < -0.3 is 15.7 Å². The van der Waals surface area contributed by atoms with Crippen LogP contribution in [0.15, 0.2) is 12.3 Å². The minimum Gasteiger partial charge on any atom is -0.390 e. The van der Waals surface area contributed by atoms with Gasteiger partial charge in [-0.3, -0.25) is 9.59 Å². The number of aromatic nitrogens is 2. The van der Waals surface area contributed by atoms with E-state index in [0.717, 1.165) is 32.1 Å². The van der Waals surface area contributed by atoms with E-state index < -0.39 is 11.1 Å². The molecule has 4 saturated carbocycles. The Kier molecular flexibility index (Phi) is 4.97. The maximum absolute atomic E-state index is 13.0. The van der Waals surface area contributed by atoms with Gasteiger partial charge in [-0.25, -0.2) is 4.68 Å². The van der Waals surface area contributed by atoms with Gasteiger partial charge in [0, 0.05) is 19.2 Å². The molecule has 30 heavy (non-hydrogen) atoms. The van der Waals surface area contributed by atoms with Crippen LogP contribution in [-0.4, -0.2) is 43.9 Å². The molecule has 4 fully saturated rings. The van der Waals surface area contributed by atoms with E-state index in [-0.39, 0.29) is 29.1 Å². The highest BCUT2D eigenvalue weighted by Gasteiger charge is 2.55. The van der Waals surface area contributed by atoms with Gasteiger partial charge >= 0.3 is 0 Å². The van der Waals surface area contributed by atoms with E-state index in [0.29, 0.717) is 17.8 Å². The van der Waals surface area contributed by atoms with Crippen LogP contribution < -0.4 is 10.6 Å². The maximum atomic E-state index is 13.0. The van der Waals surface area contributed by atoms with Gasteiger partial charge in [0.05, 0.1) is 22.9 Å². The van der Waals surface area contributed by atoms with Gasteiger partial charge in [0.25, 0.3) is 5.91 Å². The van der Waals surface area contributed by atoms with Crippen LogP contribution in [0, 0.1) is 29.1 Å². The average Bonchev–Trinajstić information content (AvgIpc) is 3.03. The van der Waals surface area contributed by atoms with Crippen LogP contribution in [0.3, 0.4) is 0 Å². The molecule has 1 heterocycles. The SMILES string of the molecule is CC(=O)NC(C)(C)/C=C/n1ncc(C(=O)NC2C3CC4CC2CC(O)(C4)C3)c1C#N. The van der Waals surface area contributed by atoms with Crippen LogP contribution in [0.2, 0.25) is 0 Å². The van der Waals surface area contributed by atoms with Crippen molar-refractivity contribution in [1.82, 2.24) is 20.4 Å². The lowest BCUT2D eigenvalue weighted by atomic mass is 9.52. The Bertz CT molecular complexity index is 925. The van der Waals surface area contributed by atoms with Crippen LogP contribution in [-0.2, 0) is 4.79 Å². The van der Waals surface area contributed by atoms with E-state index in [2.05, 4.69) is 21.8 Å². The summed E-state index contributed by atoms with van der Waals surface area (Å²) < 4.78 is 1.36. The van der Waals surface area contributed by atoms with Crippen LogP contribution in [0.25, 0.3) is 6.20 Å². The second-order valence-corrected chi connectivity index (χ2v) is 9.88. The summed E-state index contributed by atoms with van der Waals surface area (Å²) in [7, 11) is 0. The topological polar surface area (TPSA) is 120 Å². The molecule has 1 aromatic heterocycles. The predicted molar refractivity (Wildman–Crippen MR) is 110 cm³/mol. The summed E-state index contributed by atoms with van der Waals surface area (Å²) in [5, 5.41) is 30.5. The van der Waals surface area contributed by atoms with Gasteiger partial charge in [0.1, 0.15) is 6.07 Å². The van der Waals surface area contributed by atoms with Crippen molar-refractivity contribution in [1.29, 1.82) is 5.26 Å². The number of aliphatic hydroxyl groups is 1. The Balaban J connectivity index is 1.49. The van der Waals surface area contributed by atoms with Crippen LogP contribution in [0.5, 0.6) is 0 Å². The Hall–Kier alpha value is -2.66. The number of hydrogen-bond donors (Lipinski definition) is 3. The molecule has 2 amide bonds.